The third-order valence-electron chi connectivity index (χ3n) is 5.22. The number of hydrogen-bond donors (Lipinski definition) is 2. The summed E-state index contributed by atoms with van der Waals surface area (Å²) in [4.78, 5) is 12.4. The highest BCUT2D eigenvalue weighted by molar-refractivity contribution is 7.90. The minimum atomic E-state index is -3.20. The van der Waals surface area contributed by atoms with Gasteiger partial charge < -0.3 is 5.32 Å². The molecule has 0 aromatic heterocycles. The molecule has 2 rings (SSSR count). The van der Waals surface area contributed by atoms with E-state index in [2.05, 4.69) is 17.0 Å². The Morgan fingerprint density at radius 3 is 2.24 bits per heavy atom. The van der Waals surface area contributed by atoms with Crippen molar-refractivity contribution in [3.05, 3.63) is 30.3 Å². The van der Waals surface area contributed by atoms with E-state index in [0.29, 0.717) is 12.5 Å². The van der Waals surface area contributed by atoms with Crippen molar-refractivity contribution in [1.82, 2.24) is 4.72 Å². The molecule has 140 valence electrons. The number of nitrogens with one attached hydrogen (secondary N) is 2. The SMILES string of the molecule is CC(CNS(=O)(=O)C(C)C)C1CCC(C(=O)Nc2ccccc2)CC1. The van der Waals surface area contributed by atoms with Crippen LogP contribution < -0.4 is 10.0 Å². The molecule has 1 atom stereocenters. The molecular formula is C19H30N2O3S. The summed E-state index contributed by atoms with van der Waals surface area (Å²) in [7, 11) is -3.20. The first-order valence-corrected chi connectivity index (χ1v) is 10.7. The van der Waals surface area contributed by atoms with Gasteiger partial charge in [0.05, 0.1) is 5.25 Å². The Morgan fingerprint density at radius 1 is 1.08 bits per heavy atom. The predicted octanol–water partition coefficient (Wildman–Crippen LogP) is 3.40. The Bertz CT molecular complexity index is 651. The zero-order valence-corrected chi connectivity index (χ0v) is 16.2. The van der Waals surface area contributed by atoms with Crippen LogP contribution >= 0.6 is 0 Å². The van der Waals surface area contributed by atoms with Gasteiger partial charge in [-0.25, -0.2) is 13.1 Å². The largest absolute Gasteiger partial charge is 0.326 e. The van der Waals surface area contributed by atoms with E-state index in [4.69, 9.17) is 0 Å². The molecule has 1 aromatic rings. The Hall–Kier alpha value is -1.40. The second-order valence-corrected chi connectivity index (χ2v) is 9.71. The first-order chi connectivity index (χ1) is 11.8. The summed E-state index contributed by atoms with van der Waals surface area (Å²) < 4.78 is 26.5. The molecule has 5 nitrogen and oxygen atoms in total. The lowest BCUT2D eigenvalue weighted by atomic mass is 9.76. The molecule has 2 N–H and O–H groups in total. The lowest BCUT2D eigenvalue weighted by molar-refractivity contribution is -0.121. The maximum Gasteiger partial charge on any atom is 0.227 e. The molecule has 0 spiro atoms. The van der Waals surface area contributed by atoms with E-state index in [1.165, 1.54) is 0 Å². The van der Waals surface area contributed by atoms with Crippen molar-refractivity contribution in [3.63, 3.8) is 0 Å². The minimum Gasteiger partial charge on any atom is -0.326 e. The van der Waals surface area contributed by atoms with Gasteiger partial charge in [-0.2, -0.15) is 0 Å². The normalized spacial score (nSPS) is 22.6. The van der Waals surface area contributed by atoms with Crippen LogP contribution in [0.3, 0.4) is 0 Å². The first-order valence-electron chi connectivity index (χ1n) is 9.14. The van der Waals surface area contributed by atoms with E-state index in [0.717, 1.165) is 31.4 Å². The van der Waals surface area contributed by atoms with E-state index >= 15 is 0 Å². The van der Waals surface area contributed by atoms with E-state index in [1.54, 1.807) is 13.8 Å². The number of carbonyl (C=O) groups excluding carboxylic acids is 1. The van der Waals surface area contributed by atoms with Crippen molar-refractivity contribution in [2.75, 3.05) is 11.9 Å². The van der Waals surface area contributed by atoms with Crippen LogP contribution in [0.4, 0.5) is 5.69 Å². The molecule has 1 aliphatic carbocycles. The van der Waals surface area contributed by atoms with Crippen LogP contribution in [-0.4, -0.2) is 26.1 Å². The van der Waals surface area contributed by atoms with Gasteiger partial charge in [0, 0.05) is 18.2 Å². The molecule has 1 aliphatic rings. The highest BCUT2D eigenvalue weighted by atomic mass is 32.2. The van der Waals surface area contributed by atoms with E-state index in [9.17, 15) is 13.2 Å². The number of hydrogen-bond acceptors (Lipinski definition) is 3. The van der Waals surface area contributed by atoms with Gasteiger partial charge in [0.25, 0.3) is 0 Å². The third kappa shape index (κ3) is 5.82. The van der Waals surface area contributed by atoms with Crippen molar-refractivity contribution < 1.29 is 13.2 Å². The molecule has 0 aliphatic heterocycles. The van der Waals surface area contributed by atoms with Crippen molar-refractivity contribution in [2.24, 2.45) is 17.8 Å². The second kappa shape index (κ2) is 8.81. The topological polar surface area (TPSA) is 75.3 Å². The summed E-state index contributed by atoms with van der Waals surface area (Å²) in [5, 5.41) is 2.58. The van der Waals surface area contributed by atoms with Gasteiger partial charge in [-0.1, -0.05) is 25.1 Å². The Balaban J connectivity index is 1.78. The van der Waals surface area contributed by atoms with Crippen LogP contribution in [0.5, 0.6) is 0 Å². The number of sulfonamides is 1. The number of benzene rings is 1. The Morgan fingerprint density at radius 2 is 1.68 bits per heavy atom. The van der Waals surface area contributed by atoms with E-state index in [-0.39, 0.29) is 17.7 Å². The molecular weight excluding hydrogens is 336 g/mol. The van der Waals surface area contributed by atoms with Gasteiger partial charge in [-0.3, -0.25) is 4.79 Å². The van der Waals surface area contributed by atoms with Crippen LogP contribution in [0, 0.1) is 17.8 Å². The standard InChI is InChI=1S/C19H30N2O3S/c1-14(2)25(23,24)20-13-15(3)16-9-11-17(12-10-16)19(22)21-18-7-5-4-6-8-18/h4-8,14-17,20H,9-13H2,1-3H3,(H,21,22). The van der Waals surface area contributed by atoms with Crippen LogP contribution in [0.25, 0.3) is 0 Å². The summed E-state index contributed by atoms with van der Waals surface area (Å²) >= 11 is 0. The molecule has 0 bridgehead atoms. The molecule has 25 heavy (non-hydrogen) atoms. The lowest BCUT2D eigenvalue weighted by Crippen LogP contribution is -2.37. The second-order valence-electron chi connectivity index (χ2n) is 7.39. The van der Waals surface area contributed by atoms with Crippen molar-refractivity contribution >= 4 is 21.6 Å². The summed E-state index contributed by atoms with van der Waals surface area (Å²) in [5.41, 5.74) is 0.839. The molecule has 1 fully saturated rings. The monoisotopic (exact) mass is 366 g/mol. The quantitative estimate of drug-likeness (QED) is 0.777. The Kier molecular flexibility index (Phi) is 7.02. The van der Waals surface area contributed by atoms with Gasteiger partial charge in [0.15, 0.2) is 0 Å². The molecule has 6 heteroatoms. The van der Waals surface area contributed by atoms with E-state index < -0.39 is 15.3 Å². The smallest absolute Gasteiger partial charge is 0.227 e. The van der Waals surface area contributed by atoms with Crippen LogP contribution in [0.2, 0.25) is 0 Å². The highest BCUT2D eigenvalue weighted by Gasteiger charge is 2.29. The van der Waals surface area contributed by atoms with Gasteiger partial charge in [-0.15, -0.1) is 0 Å². The third-order valence-corrected chi connectivity index (χ3v) is 7.03. The van der Waals surface area contributed by atoms with Gasteiger partial charge in [0.1, 0.15) is 0 Å². The van der Waals surface area contributed by atoms with Crippen LogP contribution in [0.1, 0.15) is 46.5 Å². The molecule has 0 radical (unpaired) electrons. The van der Waals surface area contributed by atoms with Crippen molar-refractivity contribution in [3.8, 4) is 0 Å². The Labute approximate surface area is 151 Å². The zero-order valence-electron chi connectivity index (χ0n) is 15.4. The molecule has 0 heterocycles. The maximum atomic E-state index is 12.4. The summed E-state index contributed by atoms with van der Waals surface area (Å²) in [5.74, 6) is 0.899. The summed E-state index contributed by atoms with van der Waals surface area (Å²) in [6.07, 6.45) is 3.67. The summed E-state index contributed by atoms with van der Waals surface area (Å²) in [6, 6.07) is 9.54. The first kappa shape index (κ1) is 19.9. The van der Waals surface area contributed by atoms with Gasteiger partial charge >= 0.3 is 0 Å². The average molecular weight is 367 g/mol. The van der Waals surface area contributed by atoms with E-state index in [1.807, 2.05) is 30.3 Å². The minimum absolute atomic E-state index is 0.0519. The molecule has 1 amide bonds. The number of carbonyl (C=O) groups is 1. The number of para-hydroxylation sites is 1. The molecule has 1 saturated carbocycles. The lowest BCUT2D eigenvalue weighted by Gasteiger charge is -2.32. The predicted molar refractivity (Wildman–Crippen MR) is 102 cm³/mol. The fraction of sp³-hybridized carbons (Fsp3) is 0.632. The number of rotatable bonds is 7. The maximum absolute atomic E-state index is 12.4. The molecule has 1 aromatic carbocycles. The van der Waals surface area contributed by atoms with Crippen LogP contribution in [-0.2, 0) is 14.8 Å². The van der Waals surface area contributed by atoms with Crippen molar-refractivity contribution in [1.29, 1.82) is 0 Å². The number of anilines is 1. The van der Waals surface area contributed by atoms with Gasteiger partial charge in [0.2, 0.25) is 15.9 Å². The fourth-order valence-corrected chi connectivity index (χ4v) is 4.13. The van der Waals surface area contributed by atoms with Crippen molar-refractivity contribution in [2.45, 2.75) is 51.7 Å². The highest BCUT2D eigenvalue weighted by Crippen LogP contribution is 2.34. The zero-order chi connectivity index (χ0) is 18.4. The fourth-order valence-electron chi connectivity index (χ4n) is 3.30. The molecule has 1 unspecified atom stereocenters. The number of amides is 1. The van der Waals surface area contributed by atoms with Gasteiger partial charge in [-0.05, 0) is 63.5 Å². The average Bonchev–Trinajstić information content (AvgIpc) is 2.60. The summed E-state index contributed by atoms with van der Waals surface area (Å²) in [6.45, 7) is 5.94. The molecule has 0 saturated heterocycles. The van der Waals surface area contributed by atoms with Crippen LogP contribution in [0.15, 0.2) is 30.3 Å².